The van der Waals surface area contributed by atoms with Crippen LogP contribution in [-0.2, 0) is 12.7 Å². The van der Waals surface area contributed by atoms with Gasteiger partial charge in [0.15, 0.2) is 0 Å². The molecule has 0 aliphatic carbocycles. The summed E-state index contributed by atoms with van der Waals surface area (Å²) in [7, 11) is 0. The smallest absolute Gasteiger partial charge is 0.326 e. The maximum Gasteiger partial charge on any atom is 0.419 e. The maximum atomic E-state index is 13.3. The van der Waals surface area contributed by atoms with Crippen LogP contribution >= 0.6 is 11.6 Å². The highest BCUT2D eigenvalue weighted by atomic mass is 35.5. The monoisotopic (exact) mass is 303 g/mol. The van der Waals surface area contributed by atoms with Gasteiger partial charge in [0.2, 0.25) is 0 Å². The Hall–Kier alpha value is -1.59. The summed E-state index contributed by atoms with van der Waals surface area (Å²) in [4.78, 5) is 0. The quantitative estimate of drug-likeness (QED) is 0.805. The first-order chi connectivity index (χ1) is 9.32. The molecule has 0 saturated carbocycles. The van der Waals surface area contributed by atoms with Crippen LogP contribution in [0.5, 0.6) is 0 Å². The molecule has 0 amide bonds. The third-order valence-electron chi connectivity index (χ3n) is 2.87. The molecule has 0 atom stereocenters. The van der Waals surface area contributed by atoms with Gasteiger partial charge in [-0.25, -0.2) is 4.39 Å². The van der Waals surface area contributed by atoms with Crippen molar-refractivity contribution in [1.29, 1.82) is 0 Å². The van der Waals surface area contributed by atoms with Gasteiger partial charge in [-0.1, -0.05) is 23.7 Å². The molecule has 106 valence electrons. The van der Waals surface area contributed by atoms with Gasteiger partial charge in [0.05, 0.1) is 5.56 Å². The summed E-state index contributed by atoms with van der Waals surface area (Å²) in [5.41, 5.74) is 5.60. The van der Waals surface area contributed by atoms with Crippen molar-refractivity contribution in [2.24, 2.45) is 5.73 Å². The molecule has 1 nitrogen and oxygen atoms in total. The summed E-state index contributed by atoms with van der Waals surface area (Å²) >= 11 is 5.82. The predicted octanol–water partition coefficient (Wildman–Crippen LogP) is 4.62. The van der Waals surface area contributed by atoms with Crippen LogP contribution < -0.4 is 5.73 Å². The van der Waals surface area contributed by atoms with Crippen LogP contribution in [0, 0.1) is 5.82 Å². The number of nitrogens with two attached hydrogens (primary N) is 1. The minimum absolute atomic E-state index is 0.120. The molecule has 0 heterocycles. The molecular formula is C14H10ClF4N. The van der Waals surface area contributed by atoms with Crippen LogP contribution in [0.15, 0.2) is 36.4 Å². The lowest BCUT2D eigenvalue weighted by Gasteiger charge is -2.12. The van der Waals surface area contributed by atoms with E-state index in [9.17, 15) is 17.6 Å². The molecule has 0 spiro atoms. The second-order valence-corrected chi connectivity index (χ2v) is 4.63. The van der Waals surface area contributed by atoms with Crippen molar-refractivity contribution in [1.82, 2.24) is 0 Å². The number of alkyl halides is 3. The second kappa shape index (κ2) is 5.42. The molecule has 0 aliphatic rings. The van der Waals surface area contributed by atoms with E-state index < -0.39 is 17.6 Å². The van der Waals surface area contributed by atoms with Crippen LogP contribution in [0.2, 0.25) is 5.02 Å². The Morgan fingerprint density at radius 2 is 1.75 bits per heavy atom. The molecule has 0 radical (unpaired) electrons. The first-order valence-corrected chi connectivity index (χ1v) is 6.06. The molecule has 0 unspecified atom stereocenters. The molecule has 0 bridgehead atoms. The zero-order valence-corrected chi connectivity index (χ0v) is 10.9. The molecule has 0 saturated heterocycles. The predicted molar refractivity (Wildman–Crippen MR) is 69.7 cm³/mol. The molecule has 20 heavy (non-hydrogen) atoms. The van der Waals surface area contributed by atoms with E-state index in [1.807, 2.05) is 0 Å². The average molecular weight is 304 g/mol. The Morgan fingerprint density at radius 1 is 1.05 bits per heavy atom. The number of benzene rings is 2. The van der Waals surface area contributed by atoms with Crippen LogP contribution in [-0.4, -0.2) is 0 Å². The van der Waals surface area contributed by atoms with Crippen LogP contribution in [0.1, 0.15) is 11.1 Å². The van der Waals surface area contributed by atoms with E-state index in [0.717, 1.165) is 12.1 Å². The topological polar surface area (TPSA) is 26.0 Å². The van der Waals surface area contributed by atoms with E-state index in [1.54, 1.807) is 18.2 Å². The highest BCUT2D eigenvalue weighted by Gasteiger charge is 2.34. The van der Waals surface area contributed by atoms with Crippen molar-refractivity contribution in [3.63, 3.8) is 0 Å². The second-order valence-electron chi connectivity index (χ2n) is 4.20. The number of hydrogen-bond acceptors (Lipinski definition) is 1. The van der Waals surface area contributed by atoms with E-state index in [1.165, 1.54) is 6.07 Å². The van der Waals surface area contributed by atoms with Gasteiger partial charge in [-0.3, -0.25) is 0 Å². The number of hydrogen-bond donors (Lipinski definition) is 1. The maximum absolute atomic E-state index is 13.3. The normalized spacial score (nSPS) is 11.7. The van der Waals surface area contributed by atoms with Crippen molar-refractivity contribution in [3.8, 4) is 11.1 Å². The highest BCUT2D eigenvalue weighted by molar-refractivity contribution is 6.30. The first-order valence-electron chi connectivity index (χ1n) is 5.68. The van der Waals surface area contributed by atoms with Gasteiger partial charge in [-0.2, -0.15) is 13.2 Å². The Balaban J connectivity index is 2.60. The minimum atomic E-state index is -4.74. The highest BCUT2D eigenvalue weighted by Crippen LogP contribution is 2.35. The van der Waals surface area contributed by atoms with Gasteiger partial charge in [0, 0.05) is 11.6 Å². The van der Waals surface area contributed by atoms with Crippen molar-refractivity contribution in [2.45, 2.75) is 12.7 Å². The van der Waals surface area contributed by atoms with Crippen molar-refractivity contribution in [2.75, 3.05) is 0 Å². The molecule has 0 aromatic heterocycles. The minimum Gasteiger partial charge on any atom is -0.326 e. The molecule has 0 fully saturated rings. The van der Waals surface area contributed by atoms with Crippen LogP contribution in [0.4, 0.5) is 17.6 Å². The van der Waals surface area contributed by atoms with Gasteiger partial charge in [-0.15, -0.1) is 0 Å². The lowest BCUT2D eigenvalue weighted by atomic mass is 9.97. The zero-order chi connectivity index (χ0) is 14.9. The molecular weight excluding hydrogens is 294 g/mol. The zero-order valence-electron chi connectivity index (χ0n) is 10.1. The van der Waals surface area contributed by atoms with E-state index in [-0.39, 0.29) is 12.1 Å². The summed E-state index contributed by atoms with van der Waals surface area (Å²) in [6.07, 6.45) is -4.74. The van der Waals surface area contributed by atoms with Gasteiger partial charge in [0.25, 0.3) is 0 Å². The fourth-order valence-corrected chi connectivity index (χ4v) is 2.12. The Kier molecular flexibility index (Phi) is 4.01. The van der Waals surface area contributed by atoms with Gasteiger partial charge >= 0.3 is 6.18 Å². The van der Waals surface area contributed by atoms with Gasteiger partial charge in [0.1, 0.15) is 5.82 Å². The van der Waals surface area contributed by atoms with Gasteiger partial charge in [-0.05, 0) is 41.0 Å². The SMILES string of the molecule is NCc1cc(Cl)ccc1-c1ccc(F)c(C(F)(F)F)c1. The van der Waals surface area contributed by atoms with Crippen LogP contribution in [0.25, 0.3) is 11.1 Å². The summed E-state index contributed by atoms with van der Waals surface area (Å²) in [5, 5.41) is 0.437. The molecule has 2 aromatic carbocycles. The van der Waals surface area contributed by atoms with Crippen molar-refractivity contribution < 1.29 is 17.6 Å². The molecule has 0 aliphatic heterocycles. The van der Waals surface area contributed by atoms with Crippen molar-refractivity contribution >= 4 is 11.6 Å². The lowest BCUT2D eigenvalue weighted by molar-refractivity contribution is -0.139. The van der Waals surface area contributed by atoms with E-state index in [0.29, 0.717) is 16.1 Å². The lowest BCUT2D eigenvalue weighted by Crippen LogP contribution is -2.08. The van der Waals surface area contributed by atoms with E-state index in [2.05, 4.69) is 0 Å². The van der Waals surface area contributed by atoms with Crippen LogP contribution in [0.3, 0.4) is 0 Å². The number of rotatable bonds is 2. The molecule has 2 aromatic rings. The summed E-state index contributed by atoms with van der Waals surface area (Å²) in [6, 6.07) is 7.55. The third-order valence-corrected chi connectivity index (χ3v) is 3.11. The Labute approximate surface area is 118 Å². The fourth-order valence-electron chi connectivity index (χ4n) is 1.92. The van der Waals surface area contributed by atoms with E-state index >= 15 is 0 Å². The largest absolute Gasteiger partial charge is 0.419 e. The van der Waals surface area contributed by atoms with Crippen molar-refractivity contribution in [3.05, 3.63) is 58.4 Å². The summed E-state index contributed by atoms with van der Waals surface area (Å²) in [5.74, 6) is -1.30. The Morgan fingerprint density at radius 3 is 2.35 bits per heavy atom. The third kappa shape index (κ3) is 2.94. The molecule has 6 heteroatoms. The number of halogens is 5. The standard InChI is InChI=1S/C14H10ClF4N/c15-10-2-3-11(9(5-10)7-20)8-1-4-13(16)12(6-8)14(17,18)19/h1-6H,7,20H2. The molecule has 2 rings (SSSR count). The summed E-state index contributed by atoms with van der Waals surface area (Å²) in [6.45, 7) is 0.120. The van der Waals surface area contributed by atoms with E-state index in [4.69, 9.17) is 17.3 Å². The average Bonchev–Trinajstić information content (AvgIpc) is 2.38. The summed E-state index contributed by atoms with van der Waals surface area (Å²) < 4.78 is 51.4. The first kappa shape index (κ1) is 14.8. The fraction of sp³-hybridized carbons (Fsp3) is 0.143. The molecule has 2 N–H and O–H groups in total. The Bertz CT molecular complexity index is 638. The van der Waals surface area contributed by atoms with Gasteiger partial charge < -0.3 is 5.73 Å².